The van der Waals surface area contributed by atoms with Crippen LogP contribution in [0.25, 0.3) is 0 Å². The van der Waals surface area contributed by atoms with E-state index in [0.29, 0.717) is 11.6 Å². The highest BCUT2D eigenvalue weighted by atomic mass is 16.2. The maximum Gasteiger partial charge on any atom is 0.276 e. The monoisotopic (exact) mass is 328 g/mol. The lowest BCUT2D eigenvalue weighted by Crippen LogP contribution is -2.26. The van der Waals surface area contributed by atoms with Crippen molar-refractivity contribution < 1.29 is 4.79 Å². The molecular formula is C19H28N4O. The Kier molecular flexibility index (Phi) is 5.02. The lowest BCUT2D eigenvalue weighted by molar-refractivity contribution is 0.102. The standard InChI is InChI=1S/C19H28N4O/c1-13(2)17-12-15(21-23(17)19(3,4)5)18(24)20-14-10-8-9-11-16(14)22(6)7/h8-13H,1-7H3,(H,20,24). The van der Waals surface area contributed by atoms with Crippen LogP contribution in [0.15, 0.2) is 30.3 Å². The van der Waals surface area contributed by atoms with E-state index >= 15 is 0 Å². The van der Waals surface area contributed by atoms with Gasteiger partial charge in [0.15, 0.2) is 5.69 Å². The molecule has 0 aliphatic rings. The molecule has 2 aromatic rings. The number of hydrogen-bond donors (Lipinski definition) is 1. The van der Waals surface area contributed by atoms with Gasteiger partial charge in [0.1, 0.15) is 0 Å². The van der Waals surface area contributed by atoms with Gasteiger partial charge in [0.2, 0.25) is 0 Å². The molecule has 1 amide bonds. The molecule has 0 bridgehead atoms. The van der Waals surface area contributed by atoms with Crippen LogP contribution < -0.4 is 10.2 Å². The SMILES string of the molecule is CC(C)c1cc(C(=O)Nc2ccccc2N(C)C)nn1C(C)(C)C. The first-order valence-corrected chi connectivity index (χ1v) is 8.29. The molecule has 0 radical (unpaired) electrons. The number of anilines is 2. The predicted molar refractivity (Wildman–Crippen MR) is 100 cm³/mol. The predicted octanol–water partition coefficient (Wildman–Crippen LogP) is 4.08. The van der Waals surface area contributed by atoms with E-state index in [-0.39, 0.29) is 11.4 Å². The second-order valence-corrected chi connectivity index (χ2v) is 7.56. The van der Waals surface area contributed by atoms with Crippen molar-refractivity contribution in [1.29, 1.82) is 0 Å². The fraction of sp³-hybridized carbons (Fsp3) is 0.474. The average molecular weight is 328 g/mol. The second kappa shape index (κ2) is 6.67. The molecule has 1 heterocycles. The number of benzene rings is 1. The Morgan fingerprint density at radius 1 is 1.21 bits per heavy atom. The first-order chi connectivity index (χ1) is 11.1. The number of hydrogen-bond acceptors (Lipinski definition) is 3. The molecule has 1 N–H and O–H groups in total. The Hall–Kier alpha value is -2.30. The first kappa shape index (κ1) is 18.0. The summed E-state index contributed by atoms with van der Waals surface area (Å²) in [5.74, 6) is 0.113. The van der Waals surface area contributed by atoms with Crippen LogP contribution in [0.2, 0.25) is 0 Å². The molecule has 0 aliphatic heterocycles. The molecule has 1 aromatic heterocycles. The topological polar surface area (TPSA) is 50.2 Å². The molecule has 0 fully saturated rings. The van der Waals surface area contributed by atoms with Crippen LogP contribution in [-0.2, 0) is 5.54 Å². The van der Waals surface area contributed by atoms with Gasteiger partial charge in [-0.1, -0.05) is 26.0 Å². The molecule has 0 spiro atoms. The molecule has 0 unspecified atom stereocenters. The van der Waals surface area contributed by atoms with Crippen molar-refractivity contribution in [3.05, 3.63) is 41.7 Å². The number of carbonyl (C=O) groups excluding carboxylic acids is 1. The summed E-state index contributed by atoms with van der Waals surface area (Å²) in [6.45, 7) is 10.5. The van der Waals surface area contributed by atoms with Crippen molar-refractivity contribution in [2.24, 2.45) is 0 Å². The van der Waals surface area contributed by atoms with E-state index in [0.717, 1.165) is 17.1 Å². The van der Waals surface area contributed by atoms with Gasteiger partial charge in [0.05, 0.1) is 16.9 Å². The van der Waals surface area contributed by atoms with Crippen molar-refractivity contribution in [3.63, 3.8) is 0 Å². The van der Waals surface area contributed by atoms with E-state index in [1.165, 1.54) is 0 Å². The maximum atomic E-state index is 12.7. The van der Waals surface area contributed by atoms with Crippen LogP contribution in [0.1, 0.15) is 56.7 Å². The minimum Gasteiger partial charge on any atom is -0.376 e. The largest absolute Gasteiger partial charge is 0.376 e. The smallest absolute Gasteiger partial charge is 0.276 e. The number of nitrogens with one attached hydrogen (secondary N) is 1. The van der Waals surface area contributed by atoms with E-state index in [2.05, 4.69) is 45.0 Å². The molecular weight excluding hydrogens is 300 g/mol. The van der Waals surface area contributed by atoms with Gasteiger partial charge in [-0.05, 0) is 44.9 Å². The van der Waals surface area contributed by atoms with E-state index in [1.807, 2.05) is 54.0 Å². The molecule has 0 aliphatic carbocycles. The fourth-order valence-electron chi connectivity index (χ4n) is 2.61. The van der Waals surface area contributed by atoms with Gasteiger partial charge in [-0.3, -0.25) is 9.48 Å². The summed E-state index contributed by atoms with van der Waals surface area (Å²) >= 11 is 0. The van der Waals surface area contributed by atoms with E-state index in [1.54, 1.807) is 0 Å². The summed E-state index contributed by atoms with van der Waals surface area (Å²) in [4.78, 5) is 14.7. The zero-order valence-electron chi connectivity index (χ0n) is 15.7. The average Bonchev–Trinajstić information content (AvgIpc) is 2.93. The van der Waals surface area contributed by atoms with Gasteiger partial charge in [0, 0.05) is 19.8 Å². The van der Waals surface area contributed by atoms with Crippen molar-refractivity contribution in [2.45, 2.75) is 46.1 Å². The minimum atomic E-state index is -0.186. The molecule has 1 aromatic carbocycles. The quantitative estimate of drug-likeness (QED) is 0.920. The lowest BCUT2D eigenvalue weighted by atomic mass is 10.1. The zero-order chi connectivity index (χ0) is 18.1. The third-order valence-corrected chi connectivity index (χ3v) is 3.83. The second-order valence-electron chi connectivity index (χ2n) is 7.56. The molecule has 0 saturated heterocycles. The van der Waals surface area contributed by atoms with Crippen LogP contribution >= 0.6 is 0 Å². The molecule has 24 heavy (non-hydrogen) atoms. The molecule has 0 atom stereocenters. The minimum absolute atomic E-state index is 0.167. The third kappa shape index (κ3) is 3.78. The summed E-state index contributed by atoms with van der Waals surface area (Å²) in [6, 6.07) is 9.63. The van der Waals surface area contributed by atoms with E-state index < -0.39 is 0 Å². The van der Waals surface area contributed by atoms with Crippen molar-refractivity contribution >= 4 is 17.3 Å². The summed E-state index contributed by atoms with van der Waals surface area (Å²) in [5.41, 5.74) is 3.09. The van der Waals surface area contributed by atoms with Gasteiger partial charge in [-0.2, -0.15) is 5.10 Å². The normalized spacial score (nSPS) is 11.7. The van der Waals surface area contributed by atoms with Crippen molar-refractivity contribution in [1.82, 2.24) is 9.78 Å². The Labute approximate surface area is 144 Å². The van der Waals surface area contributed by atoms with Crippen molar-refractivity contribution in [3.8, 4) is 0 Å². The number of carbonyl (C=O) groups is 1. The summed E-state index contributed by atoms with van der Waals surface area (Å²) < 4.78 is 1.95. The molecule has 130 valence electrons. The fourth-order valence-corrected chi connectivity index (χ4v) is 2.61. The number of nitrogens with zero attached hydrogens (tertiary/aromatic N) is 3. The van der Waals surface area contributed by atoms with E-state index in [9.17, 15) is 4.79 Å². The first-order valence-electron chi connectivity index (χ1n) is 8.29. The lowest BCUT2D eigenvalue weighted by Gasteiger charge is -2.23. The van der Waals surface area contributed by atoms with Crippen LogP contribution in [0.4, 0.5) is 11.4 Å². The molecule has 5 heteroatoms. The van der Waals surface area contributed by atoms with Gasteiger partial charge in [-0.15, -0.1) is 0 Å². The Bertz CT molecular complexity index is 723. The van der Waals surface area contributed by atoms with Crippen LogP contribution in [-0.4, -0.2) is 29.8 Å². The molecule has 2 rings (SSSR count). The summed E-state index contributed by atoms with van der Waals surface area (Å²) in [5, 5.41) is 7.55. The number of para-hydroxylation sites is 2. The van der Waals surface area contributed by atoms with Gasteiger partial charge >= 0.3 is 0 Å². The maximum absolute atomic E-state index is 12.7. The van der Waals surface area contributed by atoms with Gasteiger partial charge in [-0.25, -0.2) is 0 Å². The van der Waals surface area contributed by atoms with Crippen LogP contribution in [0.5, 0.6) is 0 Å². The highest BCUT2D eigenvalue weighted by Gasteiger charge is 2.24. The van der Waals surface area contributed by atoms with Crippen molar-refractivity contribution in [2.75, 3.05) is 24.3 Å². The highest BCUT2D eigenvalue weighted by Crippen LogP contribution is 2.26. The summed E-state index contributed by atoms with van der Waals surface area (Å²) in [6.07, 6.45) is 0. The van der Waals surface area contributed by atoms with Crippen LogP contribution in [0.3, 0.4) is 0 Å². The number of amides is 1. The Balaban J connectivity index is 2.35. The number of rotatable bonds is 4. The highest BCUT2D eigenvalue weighted by molar-refractivity contribution is 6.04. The molecule has 0 saturated carbocycles. The number of aromatic nitrogens is 2. The molecule has 5 nitrogen and oxygen atoms in total. The third-order valence-electron chi connectivity index (χ3n) is 3.83. The van der Waals surface area contributed by atoms with Gasteiger partial charge in [0.25, 0.3) is 5.91 Å². The summed E-state index contributed by atoms with van der Waals surface area (Å²) in [7, 11) is 3.91. The van der Waals surface area contributed by atoms with Crippen LogP contribution in [0, 0.1) is 0 Å². The Morgan fingerprint density at radius 3 is 2.33 bits per heavy atom. The van der Waals surface area contributed by atoms with E-state index in [4.69, 9.17) is 0 Å². The Morgan fingerprint density at radius 2 is 1.83 bits per heavy atom. The van der Waals surface area contributed by atoms with Gasteiger partial charge < -0.3 is 10.2 Å². The zero-order valence-corrected chi connectivity index (χ0v) is 15.7.